The molecule has 0 spiro atoms. The minimum atomic E-state index is -0.944. The number of nitriles is 1. The summed E-state index contributed by atoms with van der Waals surface area (Å²) in [4.78, 5) is 24.3. The van der Waals surface area contributed by atoms with Crippen LogP contribution in [0.15, 0.2) is 29.8 Å². The van der Waals surface area contributed by atoms with Gasteiger partial charge in [-0.1, -0.05) is 25.0 Å². The van der Waals surface area contributed by atoms with E-state index in [-0.39, 0.29) is 17.5 Å². The summed E-state index contributed by atoms with van der Waals surface area (Å²) in [7, 11) is 0. The van der Waals surface area contributed by atoms with Gasteiger partial charge in [-0.05, 0) is 50.5 Å². The van der Waals surface area contributed by atoms with Gasteiger partial charge in [-0.25, -0.2) is 4.79 Å². The van der Waals surface area contributed by atoms with Crippen molar-refractivity contribution in [2.45, 2.75) is 51.7 Å². The summed E-state index contributed by atoms with van der Waals surface area (Å²) in [5.41, 5.74) is 0.514. The van der Waals surface area contributed by atoms with Crippen LogP contribution in [0.3, 0.4) is 0 Å². The number of ether oxygens (including phenoxy) is 2. The third-order valence-corrected chi connectivity index (χ3v) is 4.20. The molecule has 0 radical (unpaired) electrons. The molecule has 6 nitrogen and oxygen atoms in total. The average molecular weight is 356 g/mol. The van der Waals surface area contributed by atoms with Gasteiger partial charge in [-0.3, -0.25) is 4.79 Å². The lowest BCUT2D eigenvalue weighted by Gasteiger charge is -2.16. The smallest absolute Gasteiger partial charge is 0.349 e. The second-order valence-electron chi connectivity index (χ2n) is 6.21. The summed E-state index contributed by atoms with van der Waals surface area (Å²) in [6.45, 7) is 3.96. The van der Waals surface area contributed by atoms with Gasteiger partial charge in [0.2, 0.25) is 0 Å². The molecular weight excluding hydrogens is 332 g/mol. The molecule has 1 aliphatic carbocycles. The number of carbonyl (C=O) groups excluding carboxylic acids is 2. The molecule has 1 aromatic carbocycles. The summed E-state index contributed by atoms with van der Waals surface area (Å²) in [6.07, 6.45) is 4.59. The Morgan fingerprint density at radius 1 is 1.31 bits per heavy atom. The molecular formula is C20H24N2O4. The normalized spacial score (nSPS) is 15.8. The minimum Gasteiger partial charge on any atom is -0.494 e. The lowest BCUT2D eigenvalue weighted by atomic mass is 10.1. The third kappa shape index (κ3) is 5.62. The van der Waals surface area contributed by atoms with Crippen LogP contribution in [0.5, 0.6) is 5.75 Å². The average Bonchev–Trinajstić information content (AvgIpc) is 3.14. The van der Waals surface area contributed by atoms with Crippen molar-refractivity contribution in [1.82, 2.24) is 5.32 Å². The van der Waals surface area contributed by atoms with E-state index in [4.69, 9.17) is 9.47 Å². The fourth-order valence-electron chi connectivity index (χ4n) is 2.80. The summed E-state index contributed by atoms with van der Waals surface area (Å²) in [5, 5.41) is 12.1. The Hall–Kier alpha value is -2.81. The minimum absolute atomic E-state index is 0.151. The Morgan fingerprint density at radius 3 is 2.54 bits per heavy atom. The molecule has 0 unspecified atom stereocenters. The molecule has 0 heterocycles. The zero-order valence-electron chi connectivity index (χ0n) is 15.2. The van der Waals surface area contributed by atoms with Gasteiger partial charge < -0.3 is 14.8 Å². The monoisotopic (exact) mass is 356 g/mol. The molecule has 0 bridgehead atoms. The van der Waals surface area contributed by atoms with Crippen molar-refractivity contribution in [2.75, 3.05) is 6.61 Å². The van der Waals surface area contributed by atoms with Crippen LogP contribution in [0.4, 0.5) is 0 Å². The van der Waals surface area contributed by atoms with Gasteiger partial charge in [-0.2, -0.15) is 5.26 Å². The maximum Gasteiger partial charge on any atom is 0.349 e. The van der Waals surface area contributed by atoms with Crippen LogP contribution >= 0.6 is 0 Å². The van der Waals surface area contributed by atoms with Gasteiger partial charge in [0.25, 0.3) is 5.91 Å². The molecule has 138 valence electrons. The summed E-state index contributed by atoms with van der Waals surface area (Å²) in [6, 6.07) is 8.98. The van der Waals surface area contributed by atoms with Crippen LogP contribution in [0.1, 0.15) is 45.1 Å². The van der Waals surface area contributed by atoms with E-state index in [0.717, 1.165) is 25.7 Å². The van der Waals surface area contributed by atoms with Gasteiger partial charge in [0.1, 0.15) is 17.4 Å². The molecule has 1 atom stereocenters. The van der Waals surface area contributed by atoms with Crippen LogP contribution in [-0.4, -0.2) is 30.6 Å². The van der Waals surface area contributed by atoms with Gasteiger partial charge in [0.15, 0.2) is 6.10 Å². The number of nitrogens with zero attached hydrogens (tertiary/aromatic N) is 1. The van der Waals surface area contributed by atoms with Gasteiger partial charge in [-0.15, -0.1) is 0 Å². The highest BCUT2D eigenvalue weighted by molar-refractivity contribution is 5.99. The largest absolute Gasteiger partial charge is 0.494 e. The second kappa shape index (κ2) is 9.62. The number of hydrogen-bond donors (Lipinski definition) is 1. The van der Waals surface area contributed by atoms with E-state index in [2.05, 4.69) is 5.32 Å². The summed E-state index contributed by atoms with van der Waals surface area (Å²) in [5.74, 6) is -0.429. The lowest BCUT2D eigenvalue weighted by molar-refractivity contribution is -0.151. The zero-order valence-corrected chi connectivity index (χ0v) is 15.2. The Bertz CT molecular complexity index is 698. The topological polar surface area (TPSA) is 88.4 Å². The Balaban J connectivity index is 1.96. The molecule has 1 saturated carbocycles. The first kappa shape index (κ1) is 19.5. The van der Waals surface area contributed by atoms with Crippen LogP contribution in [0, 0.1) is 11.3 Å². The number of carbonyl (C=O) groups is 2. The standard InChI is InChI=1S/C20H24N2O4/c1-3-25-18-10-8-15(9-11-18)12-16(13-21)20(24)26-14(2)19(23)22-17-6-4-5-7-17/h8-12,14,17H,3-7H2,1-2H3,(H,22,23)/b16-12+/t14-/m1/s1. The molecule has 1 amide bonds. The second-order valence-corrected chi connectivity index (χ2v) is 6.21. The third-order valence-electron chi connectivity index (χ3n) is 4.20. The maximum atomic E-state index is 12.2. The van der Waals surface area contributed by atoms with Gasteiger partial charge in [0, 0.05) is 6.04 Å². The fourth-order valence-corrected chi connectivity index (χ4v) is 2.80. The Kier molecular flexibility index (Phi) is 7.22. The van der Waals surface area contributed by atoms with Crippen molar-refractivity contribution in [3.05, 3.63) is 35.4 Å². The number of benzene rings is 1. The number of esters is 1. The number of amides is 1. The first-order valence-corrected chi connectivity index (χ1v) is 8.89. The fraction of sp³-hybridized carbons (Fsp3) is 0.450. The van der Waals surface area contributed by atoms with Gasteiger partial charge in [0.05, 0.1) is 6.61 Å². The van der Waals surface area contributed by atoms with Gasteiger partial charge >= 0.3 is 5.97 Å². The SMILES string of the molecule is CCOc1ccc(/C=C(\C#N)C(=O)O[C@H](C)C(=O)NC2CCCC2)cc1. The molecule has 1 N–H and O–H groups in total. The molecule has 1 aliphatic rings. The highest BCUT2D eigenvalue weighted by atomic mass is 16.5. The van der Waals surface area contributed by atoms with E-state index in [0.29, 0.717) is 17.9 Å². The highest BCUT2D eigenvalue weighted by Crippen LogP contribution is 2.18. The van der Waals surface area contributed by atoms with E-state index in [1.165, 1.54) is 13.0 Å². The number of rotatable bonds is 7. The van der Waals surface area contributed by atoms with Crippen molar-refractivity contribution >= 4 is 18.0 Å². The zero-order chi connectivity index (χ0) is 18.9. The molecule has 0 saturated heterocycles. The van der Waals surface area contributed by atoms with Crippen molar-refractivity contribution in [1.29, 1.82) is 5.26 Å². The Morgan fingerprint density at radius 2 is 1.96 bits per heavy atom. The van der Waals surface area contributed by atoms with E-state index in [9.17, 15) is 14.9 Å². The van der Waals surface area contributed by atoms with E-state index in [1.54, 1.807) is 24.3 Å². The predicted octanol–water partition coefficient (Wildman–Crippen LogP) is 2.98. The quantitative estimate of drug-likeness (QED) is 0.461. The molecule has 0 aliphatic heterocycles. The van der Waals surface area contributed by atoms with E-state index >= 15 is 0 Å². The van der Waals surface area contributed by atoms with Crippen molar-refractivity contribution in [3.63, 3.8) is 0 Å². The van der Waals surface area contributed by atoms with Crippen molar-refractivity contribution in [2.24, 2.45) is 0 Å². The molecule has 1 fully saturated rings. The molecule has 0 aromatic heterocycles. The Labute approximate surface area is 153 Å². The highest BCUT2D eigenvalue weighted by Gasteiger charge is 2.24. The van der Waals surface area contributed by atoms with Crippen LogP contribution in [0.25, 0.3) is 6.08 Å². The number of nitrogens with one attached hydrogen (secondary N) is 1. The first-order valence-electron chi connectivity index (χ1n) is 8.89. The lowest BCUT2D eigenvalue weighted by Crippen LogP contribution is -2.41. The molecule has 2 rings (SSSR count). The summed E-state index contributed by atoms with van der Waals surface area (Å²) >= 11 is 0. The first-order chi connectivity index (χ1) is 12.5. The van der Waals surface area contributed by atoms with Crippen molar-refractivity contribution < 1.29 is 19.1 Å². The molecule has 6 heteroatoms. The van der Waals surface area contributed by atoms with Crippen molar-refractivity contribution in [3.8, 4) is 11.8 Å². The predicted molar refractivity (Wildman–Crippen MR) is 97.2 cm³/mol. The number of hydrogen-bond acceptors (Lipinski definition) is 5. The molecule has 1 aromatic rings. The van der Waals surface area contributed by atoms with E-state index in [1.807, 2.05) is 13.0 Å². The maximum absolute atomic E-state index is 12.2. The van der Waals surface area contributed by atoms with E-state index < -0.39 is 12.1 Å². The van der Waals surface area contributed by atoms with Crippen LogP contribution in [0.2, 0.25) is 0 Å². The van der Waals surface area contributed by atoms with Crippen LogP contribution < -0.4 is 10.1 Å². The molecule has 26 heavy (non-hydrogen) atoms. The van der Waals surface area contributed by atoms with Crippen LogP contribution in [-0.2, 0) is 14.3 Å². The summed E-state index contributed by atoms with van der Waals surface area (Å²) < 4.78 is 10.5.